The first kappa shape index (κ1) is 17.0. The minimum atomic E-state index is -0.350. The van der Waals surface area contributed by atoms with Crippen molar-refractivity contribution in [1.82, 2.24) is 5.32 Å². The lowest BCUT2D eigenvalue weighted by molar-refractivity contribution is -0.115. The van der Waals surface area contributed by atoms with E-state index >= 15 is 0 Å². The molecule has 23 heavy (non-hydrogen) atoms. The first-order valence-corrected chi connectivity index (χ1v) is 7.56. The van der Waals surface area contributed by atoms with Crippen molar-refractivity contribution in [3.63, 3.8) is 0 Å². The zero-order valence-corrected chi connectivity index (χ0v) is 13.9. The second kappa shape index (κ2) is 8.31. The van der Waals surface area contributed by atoms with Gasteiger partial charge in [-0.3, -0.25) is 10.1 Å². The number of amides is 1. The van der Waals surface area contributed by atoms with E-state index in [4.69, 9.17) is 28.6 Å². The lowest BCUT2D eigenvalue weighted by Gasteiger charge is -2.11. The summed E-state index contributed by atoms with van der Waals surface area (Å²) >= 11 is 11.1. The molecule has 0 bridgehead atoms. The lowest BCUT2D eigenvalue weighted by Crippen LogP contribution is -2.32. The number of para-hydroxylation sites is 2. The number of thiocarbonyl (C=S) groups is 1. The van der Waals surface area contributed by atoms with Crippen LogP contribution in [0, 0.1) is 0 Å². The summed E-state index contributed by atoms with van der Waals surface area (Å²) in [5.74, 6) is 0.285. The normalized spacial score (nSPS) is 10.3. The topological polar surface area (TPSA) is 50.4 Å². The van der Waals surface area contributed by atoms with Crippen LogP contribution in [0.1, 0.15) is 5.56 Å². The summed E-state index contributed by atoms with van der Waals surface area (Å²) < 4.78 is 5.21. The van der Waals surface area contributed by atoms with Crippen molar-refractivity contribution in [1.29, 1.82) is 0 Å². The van der Waals surface area contributed by atoms with E-state index < -0.39 is 0 Å². The van der Waals surface area contributed by atoms with Gasteiger partial charge in [0.05, 0.1) is 12.8 Å². The summed E-state index contributed by atoms with van der Waals surface area (Å²) in [5, 5.41) is 6.24. The van der Waals surface area contributed by atoms with E-state index in [1.54, 1.807) is 31.4 Å². The Labute approximate surface area is 145 Å². The molecule has 0 aromatic heterocycles. The Morgan fingerprint density at radius 1 is 1.17 bits per heavy atom. The van der Waals surface area contributed by atoms with Gasteiger partial charge in [0.25, 0.3) is 0 Å². The number of carbonyl (C=O) groups excluding carboxylic acids is 1. The van der Waals surface area contributed by atoms with Crippen LogP contribution in [-0.2, 0) is 4.79 Å². The van der Waals surface area contributed by atoms with Crippen molar-refractivity contribution in [3.05, 3.63) is 65.2 Å². The van der Waals surface area contributed by atoms with Crippen LogP contribution in [0.4, 0.5) is 5.69 Å². The van der Waals surface area contributed by atoms with E-state index in [0.717, 1.165) is 5.56 Å². The van der Waals surface area contributed by atoms with Gasteiger partial charge in [0.2, 0.25) is 5.91 Å². The van der Waals surface area contributed by atoms with Gasteiger partial charge in [0.15, 0.2) is 5.11 Å². The van der Waals surface area contributed by atoms with Gasteiger partial charge in [0, 0.05) is 11.1 Å². The SMILES string of the molecule is COc1ccccc1NC(=S)NC(=O)/C=C/c1ccccc1Cl. The fourth-order valence-electron chi connectivity index (χ4n) is 1.83. The molecular weight excluding hydrogens is 332 g/mol. The standard InChI is InChI=1S/C17H15ClN2O2S/c1-22-15-9-5-4-8-14(15)19-17(23)20-16(21)11-10-12-6-2-3-7-13(12)18/h2-11H,1H3,(H2,19,20,21,23)/b11-10+. The molecule has 0 aliphatic carbocycles. The van der Waals surface area contributed by atoms with Crippen molar-refractivity contribution in [2.45, 2.75) is 0 Å². The maximum Gasteiger partial charge on any atom is 0.250 e. The van der Waals surface area contributed by atoms with Crippen molar-refractivity contribution in [2.75, 3.05) is 12.4 Å². The van der Waals surface area contributed by atoms with Crippen molar-refractivity contribution < 1.29 is 9.53 Å². The van der Waals surface area contributed by atoms with Crippen LogP contribution < -0.4 is 15.4 Å². The number of hydrogen-bond donors (Lipinski definition) is 2. The summed E-state index contributed by atoms with van der Waals surface area (Å²) in [6.45, 7) is 0. The Bertz CT molecular complexity index is 747. The molecule has 2 aromatic rings. The molecule has 0 atom stereocenters. The van der Waals surface area contributed by atoms with E-state index in [0.29, 0.717) is 16.5 Å². The fourth-order valence-corrected chi connectivity index (χ4v) is 2.24. The number of hydrogen-bond acceptors (Lipinski definition) is 3. The number of benzene rings is 2. The Morgan fingerprint density at radius 2 is 1.87 bits per heavy atom. The van der Waals surface area contributed by atoms with Crippen molar-refractivity contribution >= 4 is 46.6 Å². The van der Waals surface area contributed by atoms with Crippen molar-refractivity contribution in [2.24, 2.45) is 0 Å². The van der Waals surface area contributed by atoms with Crippen LogP contribution in [0.15, 0.2) is 54.6 Å². The van der Waals surface area contributed by atoms with Crippen LogP contribution >= 0.6 is 23.8 Å². The maximum atomic E-state index is 11.9. The van der Waals surface area contributed by atoms with Gasteiger partial charge in [-0.2, -0.15) is 0 Å². The third-order valence-electron chi connectivity index (χ3n) is 2.91. The molecule has 0 aliphatic rings. The number of ether oxygens (including phenoxy) is 1. The summed E-state index contributed by atoms with van der Waals surface area (Å²) in [4.78, 5) is 11.9. The average molecular weight is 347 g/mol. The smallest absolute Gasteiger partial charge is 0.250 e. The van der Waals surface area contributed by atoms with Crippen LogP contribution in [0.3, 0.4) is 0 Å². The highest BCUT2D eigenvalue weighted by Crippen LogP contribution is 2.22. The van der Waals surface area contributed by atoms with Gasteiger partial charge < -0.3 is 10.1 Å². The van der Waals surface area contributed by atoms with Gasteiger partial charge in [-0.1, -0.05) is 41.9 Å². The van der Waals surface area contributed by atoms with E-state index in [9.17, 15) is 4.79 Å². The molecular formula is C17H15ClN2O2S. The summed E-state index contributed by atoms with van der Waals surface area (Å²) in [7, 11) is 1.56. The molecule has 0 unspecified atom stereocenters. The number of rotatable bonds is 4. The third kappa shape index (κ3) is 5.09. The largest absolute Gasteiger partial charge is 0.495 e. The average Bonchev–Trinajstić information content (AvgIpc) is 2.54. The molecule has 2 N–H and O–H groups in total. The van der Waals surface area contributed by atoms with Gasteiger partial charge >= 0.3 is 0 Å². The highest BCUT2D eigenvalue weighted by atomic mass is 35.5. The maximum absolute atomic E-state index is 11.9. The monoisotopic (exact) mass is 346 g/mol. The molecule has 0 aliphatic heterocycles. The number of nitrogens with one attached hydrogen (secondary N) is 2. The molecule has 0 saturated carbocycles. The Morgan fingerprint density at radius 3 is 2.61 bits per heavy atom. The molecule has 4 nitrogen and oxygen atoms in total. The summed E-state index contributed by atoms with van der Waals surface area (Å²) in [6, 6.07) is 14.5. The molecule has 2 rings (SSSR count). The number of methoxy groups -OCH3 is 1. The Balaban J connectivity index is 1.95. The van der Waals surface area contributed by atoms with Crippen LogP contribution in [0.25, 0.3) is 6.08 Å². The van der Waals surface area contributed by atoms with Crippen molar-refractivity contribution in [3.8, 4) is 5.75 Å². The quantitative estimate of drug-likeness (QED) is 0.651. The third-order valence-corrected chi connectivity index (χ3v) is 3.46. The molecule has 0 heterocycles. The molecule has 0 radical (unpaired) electrons. The van der Waals surface area contributed by atoms with Crippen LogP contribution in [-0.4, -0.2) is 18.1 Å². The Hall–Kier alpha value is -2.37. The van der Waals surface area contributed by atoms with Gasteiger partial charge in [0.1, 0.15) is 5.75 Å². The van der Waals surface area contributed by atoms with Crippen LogP contribution in [0.2, 0.25) is 5.02 Å². The molecule has 0 saturated heterocycles. The summed E-state index contributed by atoms with van der Waals surface area (Å²) in [5.41, 5.74) is 1.43. The predicted octanol–water partition coefficient (Wildman–Crippen LogP) is 3.88. The zero-order valence-electron chi connectivity index (χ0n) is 12.4. The van der Waals surface area contributed by atoms with Gasteiger partial charge in [-0.05, 0) is 42.1 Å². The second-order valence-electron chi connectivity index (χ2n) is 4.50. The lowest BCUT2D eigenvalue weighted by atomic mass is 10.2. The van der Waals surface area contributed by atoms with E-state index in [1.807, 2.05) is 30.3 Å². The molecule has 0 spiro atoms. The van der Waals surface area contributed by atoms with E-state index in [2.05, 4.69) is 10.6 Å². The molecule has 6 heteroatoms. The number of carbonyl (C=O) groups is 1. The fraction of sp³-hybridized carbons (Fsp3) is 0.0588. The van der Waals surface area contributed by atoms with Gasteiger partial charge in [-0.15, -0.1) is 0 Å². The zero-order chi connectivity index (χ0) is 16.7. The minimum absolute atomic E-state index is 0.184. The Kier molecular flexibility index (Phi) is 6.14. The molecule has 0 fully saturated rings. The predicted molar refractivity (Wildman–Crippen MR) is 97.8 cm³/mol. The number of anilines is 1. The number of halogens is 1. The minimum Gasteiger partial charge on any atom is -0.495 e. The highest BCUT2D eigenvalue weighted by molar-refractivity contribution is 7.80. The highest BCUT2D eigenvalue weighted by Gasteiger charge is 2.05. The molecule has 1 amide bonds. The summed E-state index contributed by atoms with van der Waals surface area (Å²) in [6.07, 6.45) is 3.00. The van der Waals surface area contributed by atoms with E-state index in [-0.39, 0.29) is 11.0 Å². The van der Waals surface area contributed by atoms with Crippen LogP contribution in [0.5, 0.6) is 5.75 Å². The first-order chi connectivity index (χ1) is 11.1. The first-order valence-electron chi connectivity index (χ1n) is 6.77. The van der Waals surface area contributed by atoms with E-state index in [1.165, 1.54) is 6.08 Å². The molecule has 118 valence electrons. The van der Waals surface area contributed by atoms with Gasteiger partial charge in [-0.25, -0.2) is 0 Å². The second-order valence-corrected chi connectivity index (χ2v) is 5.31. The molecule has 2 aromatic carbocycles.